The minimum Gasteiger partial charge on any atom is -0.423 e. The lowest BCUT2D eigenvalue weighted by Crippen LogP contribution is -2.35. The predicted molar refractivity (Wildman–Crippen MR) is 80.7 cm³/mol. The van der Waals surface area contributed by atoms with Gasteiger partial charge >= 0.3 is 7.12 Å². The number of aromatic nitrogens is 2. The zero-order valence-electron chi connectivity index (χ0n) is 12.4. The molecule has 1 aromatic rings. The fourth-order valence-electron chi connectivity index (χ4n) is 1.19. The van der Waals surface area contributed by atoms with Crippen molar-refractivity contribution in [3.05, 3.63) is 17.7 Å². The van der Waals surface area contributed by atoms with E-state index in [2.05, 4.69) is 55.3 Å². The average Bonchev–Trinajstić information content (AvgIpc) is 2.24. The van der Waals surface area contributed by atoms with Crippen molar-refractivity contribution in [3.8, 4) is 11.5 Å². The molecule has 0 bridgehead atoms. The standard InChI is InChI=1S/C13H21BN2O2Si/c1-10-11(14(17)18)9-15-12(16-10)7-8-19(5,6)13(2,3)4/h9,17-18H,1-6H3. The van der Waals surface area contributed by atoms with Crippen molar-refractivity contribution >= 4 is 20.7 Å². The quantitative estimate of drug-likeness (QED) is 0.590. The smallest absolute Gasteiger partial charge is 0.423 e. The summed E-state index contributed by atoms with van der Waals surface area (Å²) < 4.78 is 0. The maximum Gasteiger partial charge on any atom is 0.491 e. The van der Waals surface area contributed by atoms with Crippen LogP contribution in [0.4, 0.5) is 0 Å². The number of nitrogens with zero attached hydrogens (tertiary/aromatic N) is 2. The fraction of sp³-hybridized carbons (Fsp3) is 0.538. The van der Waals surface area contributed by atoms with Gasteiger partial charge in [0, 0.05) is 17.4 Å². The first-order valence-corrected chi connectivity index (χ1v) is 9.27. The van der Waals surface area contributed by atoms with Gasteiger partial charge in [-0.1, -0.05) is 33.9 Å². The molecule has 0 amide bonds. The second-order valence-electron chi connectivity index (χ2n) is 6.23. The minimum atomic E-state index is -1.68. The van der Waals surface area contributed by atoms with Crippen molar-refractivity contribution in [3.63, 3.8) is 0 Å². The van der Waals surface area contributed by atoms with E-state index in [0.29, 0.717) is 17.0 Å². The lowest BCUT2D eigenvalue weighted by atomic mass is 9.80. The Balaban J connectivity index is 3.07. The molecule has 0 aliphatic rings. The van der Waals surface area contributed by atoms with E-state index in [-0.39, 0.29) is 5.04 Å². The summed E-state index contributed by atoms with van der Waals surface area (Å²) in [7, 11) is -3.22. The summed E-state index contributed by atoms with van der Waals surface area (Å²) in [5.41, 5.74) is 4.19. The van der Waals surface area contributed by atoms with Crippen molar-refractivity contribution < 1.29 is 10.0 Å². The van der Waals surface area contributed by atoms with Crippen molar-refractivity contribution in [2.45, 2.75) is 45.8 Å². The van der Waals surface area contributed by atoms with E-state index in [0.717, 1.165) is 0 Å². The molecular formula is C13H21BN2O2Si. The predicted octanol–water partition coefficient (Wildman–Crippen LogP) is 0.864. The molecule has 102 valence electrons. The number of rotatable bonds is 1. The summed E-state index contributed by atoms with van der Waals surface area (Å²) in [4.78, 5) is 8.26. The van der Waals surface area contributed by atoms with Gasteiger partial charge in [-0.3, -0.25) is 0 Å². The van der Waals surface area contributed by atoms with Crippen LogP contribution in [0, 0.1) is 18.4 Å². The Bertz CT molecular complexity index is 528. The number of aryl methyl sites for hydroxylation is 1. The van der Waals surface area contributed by atoms with Gasteiger partial charge in [0.15, 0.2) is 0 Å². The molecule has 0 radical (unpaired) electrons. The van der Waals surface area contributed by atoms with Gasteiger partial charge in [-0.2, -0.15) is 0 Å². The molecule has 2 N–H and O–H groups in total. The van der Waals surface area contributed by atoms with Gasteiger partial charge in [0.2, 0.25) is 5.82 Å². The highest BCUT2D eigenvalue weighted by molar-refractivity contribution is 6.87. The average molecular weight is 276 g/mol. The monoisotopic (exact) mass is 276 g/mol. The third kappa shape index (κ3) is 3.90. The van der Waals surface area contributed by atoms with Gasteiger partial charge in [0.05, 0.1) is 0 Å². The highest BCUT2D eigenvalue weighted by Gasteiger charge is 2.33. The van der Waals surface area contributed by atoms with Crippen LogP contribution in [0.15, 0.2) is 6.20 Å². The third-order valence-corrected chi connectivity index (χ3v) is 8.16. The van der Waals surface area contributed by atoms with Gasteiger partial charge in [-0.05, 0) is 17.9 Å². The van der Waals surface area contributed by atoms with Gasteiger partial charge < -0.3 is 10.0 Å². The molecule has 0 aliphatic heterocycles. The van der Waals surface area contributed by atoms with Crippen LogP contribution in [0.25, 0.3) is 0 Å². The van der Waals surface area contributed by atoms with Gasteiger partial charge in [-0.15, -0.1) is 5.54 Å². The van der Waals surface area contributed by atoms with E-state index >= 15 is 0 Å². The minimum absolute atomic E-state index is 0.191. The van der Waals surface area contributed by atoms with E-state index in [1.807, 2.05) is 0 Å². The lowest BCUT2D eigenvalue weighted by molar-refractivity contribution is 0.425. The molecule has 0 fully saturated rings. The maximum atomic E-state index is 9.11. The highest BCUT2D eigenvalue weighted by Crippen LogP contribution is 2.35. The second kappa shape index (κ2) is 5.45. The normalized spacial score (nSPS) is 11.8. The van der Waals surface area contributed by atoms with Crippen LogP contribution in [-0.2, 0) is 0 Å². The highest BCUT2D eigenvalue weighted by atomic mass is 28.3. The molecule has 19 heavy (non-hydrogen) atoms. The maximum absolute atomic E-state index is 9.11. The second-order valence-corrected chi connectivity index (χ2v) is 11.2. The molecule has 0 spiro atoms. The van der Waals surface area contributed by atoms with Crippen LogP contribution >= 0.6 is 0 Å². The molecular weight excluding hydrogens is 255 g/mol. The lowest BCUT2D eigenvalue weighted by Gasteiger charge is -2.31. The van der Waals surface area contributed by atoms with Crippen LogP contribution < -0.4 is 5.46 Å². The summed E-state index contributed by atoms with van der Waals surface area (Å²) in [5.74, 6) is 3.46. The molecule has 4 nitrogen and oxygen atoms in total. The molecule has 6 heteroatoms. The number of hydrogen-bond acceptors (Lipinski definition) is 4. The fourth-order valence-corrected chi connectivity index (χ4v) is 1.99. The summed E-state index contributed by atoms with van der Waals surface area (Å²) in [6.07, 6.45) is 1.42. The van der Waals surface area contributed by atoms with E-state index in [1.165, 1.54) is 6.20 Å². The van der Waals surface area contributed by atoms with Crippen LogP contribution in [0.2, 0.25) is 18.1 Å². The van der Waals surface area contributed by atoms with Crippen LogP contribution in [0.3, 0.4) is 0 Å². The topological polar surface area (TPSA) is 66.2 Å². The van der Waals surface area contributed by atoms with Gasteiger partial charge in [0.25, 0.3) is 0 Å². The summed E-state index contributed by atoms with van der Waals surface area (Å²) in [6.45, 7) is 12.8. The summed E-state index contributed by atoms with van der Waals surface area (Å²) >= 11 is 0. The zero-order valence-corrected chi connectivity index (χ0v) is 13.4. The summed E-state index contributed by atoms with van der Waals surface area (Å²) in [6, 6.07) is 0. The third-order valence-electron chi connectivity index (χ3n) is 3.66. The Labute approximate surface area is 116 Å². The van der Waals surface area contributed by atoms with Crippen molar-refractivity contribution in [1.82, 2.24) is 9.97 Å². The summed E-state index contributed by atoms with van der Waals surface area (Å²) in [5, 5.41) is 18.4. The van der Waals surface area contributed by atoms with Crippen molar-refractivity contribution in [1.29, 1.82) is 0 Å². The molecule has 0 atom stereocenters. The van der Waals surface area contributed by atoms with Crippen molar-refractivity contribution in [2.24, 2.45) is 0 Å². The Morgan fingerprint density at radius 2 is 1.84 bits per heavy atom. The Hall–Kier alpha value is -1.16. The Kier molecular flexibility index (Phi) is 4.56. The molecule has 0 unspecified atom stereocenters. The number of hydrogen-bond donors (Lipinski definition) is 2. The molecule has 0 saturated carbocycles. The first kappa shape index (κ1) is 15.9. The molecule has 0 saturated heterocycles. The van der Waals surface area contributed by atoms with E-state index in [9.17, 15) is 0 Å². The van der Waals surface area contributed by atoms with Crippen LogP contribution in [0.5, 0.6) is 0 Å². The SMILES string of the molecule is Cc1nc(C#C[Si](C)(C)C(C)(C)C)ncc1B(O)O. The Morgan fingerprint density at radius 3 is 2.26 bits per heavy atom. The molecule has 1 aromatic heterocycles. The molecule has 0 aliphatic carbocycles. The van der Waals surface area contributed by atoms with E-state index in [1.54, 1.807) is 6.92 Å². The molecule has 1 rings (SSSR count). The molecule has 0 aromatic carbocycles. The largest absolute Gasteiger partial charge is 0.491 e. The van der Waals surface area contributed by atoms with Crippen molar-refractivity contribution in [2.75, 3.05) is 0 Å². The van der Waals surface area contributed by atoms with Gasteiger partial charge in [-0.25, -0.2) is 9.97 Å². The van der Waals surface area contributed by atoms with Crippen LogP contribution in [0.1, 0.15) is 32.3 Å². The van der Waals surface area contributed by atoms with Crippen LogP contribution in [-0.4, -0.2) is 35.2 Å². The Morgan fingerprint density at radius 1 is 1.26 bits per heavy atom. The first-order chi connectivity index (χ1) is 8.54. The van der Waals surface area contributed by atoms with Gasteiger partial charge in [0.1, 0.15) is 8.07 Å². The molecule has 1 heterocycles. The van der Waals surface area contributed by atoms with E-state index in [4.69, 9.17) is 10.0 Å². The zero-order chi connectivity index (χ0) is 14.8. The van der Waals surface area contributed by atoms with E-state index < -0.39 is 15.2 Å². The first-order valence-electron chi connectivity index (χ1n) is 6.27.